The lowest BCUT2D eigenvalue weighted by molar-refractivity contribution is 0.262. The summed E-state index contributed by atoms with van der Waals surface area (Å²) >= 11 is 12.3. The third-order valence-corrected chi connectivity index (χ3v) is 6.91. The summed E-state index contributed by atoms with van der Waals surface area (Å²) in [6.07, 6.45) is 3.70. The van der Waals surface area contributed by atoms with Gasteiger partial charge in [-0.15, -0.1) is 10.2 Å². The molecule has 0 saturated carbocycles. The lowest BCUT2D eigenvalue weighted by Gasteiger charge is -2.14. The van der Waals surface area contributed by atoms with Gasteiger partial charge in [0.2, 0.25) is 0 Å². The number of fused-ring (bicyclic) bond motifs is 1. The molecule has 0 saturated heterocycles. The number of imidazole rings is 1. The van der Waals surface area contributed by atoms with Crippen LogP contribution in [0.4, 0.5) is 27.7 Å². The predicted molar refractivity (Wildman–Crippen MR) is 160 cm³/mol. The highest BCUT2D eigenvalue weighted by Crippen LogP contribution is 2.32. The van der Waals surface area contributed by atoms with Crippen LogP contribution in [0.1, 0.15) is 0 Å². The minimum atomic E-state index is -0.447. The number of para-hydroxylation sites is 2. The van der Waals surface area contributed by atoms with Crippen molar-refractivity contribution in [3.63, 3.8) is 0 Å². The molecule has 3 heterocycles. The highest BCUT2D eigenvalue weighted by Gasteiger charge is 2.13. The van der Waals surface area contributed by atoms with Gasteiger partial charge in [-0.3, -0.25) is 9.72 Å². The van der Waals surface area contributed by atoms with Gasteiger partial charge in [0.25, 0.3) is 0 Å². The van der Waals surface area contributed by atoms with Crippen LogP contribution in [0.3, 0.4) is 0 Å². The van der Waals surface area contributed by atoms with Crippen LogP contribution in [0.5, 0.6) is 0 Å². The normalized spacial score (nSPS) is 10.8. The second-order valence-corrected chi connectivity index (χ2v) is 9.62. The number of nitrogens with one attached hydrogen (secondary N) is 3. The Morgan fingerprint density at radius 3 is 2.25 bits per heavy atom. The Balaban J connectivity index is 1.20. The first-order valence-corrected chi connectivity index (χ1v) is 13.1. The number of benzene rings is 3. The molecule has 3 aromatic carbocycles. The van der Waals surface area contributed by atoms with Crippen LogP contribution in [0.15, 0.2) is 109 Å². The van der Waals surface area contributed by atoms with Crippen molar-refractivity contribution in [2.75, 3.05) is 16.0 Å². The maximum atomic E-state index is 12.8. The maximum absolute atomic E-state index is 12.8. The van der Waals surface area contributed by atoms with Crippen molar-refractivity contribution in [3.8, 4) is 22.5 Å². The van der Waals surface area contributed by atoms with Gasteiger partial charge < -0.3 is 10.6 Å². The molecule has 0 fully saturated rings. The minimum Gasteiger partial charge on any atom is -0.351 e. The molecule has 0 aliphatic heterocycles. The monoisotopic (exact) mass is 565 g/mol. The van der Waals surface area contributed by atoms with Crippen molar-refractivity contribution >= 4 is 57.8 Å². The number of amides is 2. The summed E-state index contributed by atoms with van der Waals surface area (Å²) in [6.45, 7) is 0. The van der Waals surface area contributed by atoms with Crippen molar-refractivity contribution < 1.29 is 4.79 Å². The number of nitrogens with zero attached hydrogens (tertiary/aromatic N) is 4. The molecule has 0 aliphatic rings. The van der Waals surface area contributed by atoms with Crippen molar-refractivity contribution in [2.24, 2.45) is 0 Å². The Kier molecular flexibility index (Phi) is 7.01. The number of hydrogen-bond acceptors (Lipinski definition) is 5. The van der Waals surface area contributed by atoms with Gasteiger partial charge in [0.1, 0.15) is 0 Å². The number of rotatable bonds is 6. The molecule has 0 unspecified atom stereocenters. The number of carbonyl (C=O) groups excluding carboxylic acids is 1. The van der Waals surface area contributed by atoms with Crippen LogP contribution in [-0.2, 0) is 0 Å². The zero-order valence-electron chi connectivity index (χ0n) is 20.8. The van der Waals surface area contributed by atoms with E-state index in [0.717, 1.165) is 28.2 Å². The highest BCUT2D eigenvalue weighted by molar-refractivity contribution is 6.42. The third kappa shape index (κ3) is 5.31. The van der Waals surface area contributed by atoms with E-state index in [9.17, 15) is 4.79 Å². The number of carbonyl (C=O) groups is 1. The average molecular weight is 566 g/mol. The molecular formula is C30H21Cl2N7O. The van der Waals surface area contributed by atoms with Crippen molar-refractivity contribution in [1.82, 2.24) is 19.6 Å². The standard InChI is InChI=1S/C30H21Cl2N7O/c31-21-13-12-20(17-22(21)32)27-18-33-29-26(11-6-16-39(27)29)34-24-9-4-5-10-25(24)35-30(40)36-28-15-14-23(37-38-28)19-7-2-1-3-8-19/h1-18,34H,(H2,35,36,38,40). The lowest BCUT2D eigenvalue weighted by Crippen LogP contribution is -2.21. The zero-order chi connectivity index (χ0) is 27.5. The lowest BCUT2D eigenvalue weighted by atomic mass is 10.1. The number of pyridine rings is 1. The molecule has 196 valence electrons. The number of aromatic nitrogens is 4. The molecule has 0 aliphatic carbocycles. The molecule has 3 aromatic heterocycles. The van der Waals surface area contributed by atoms with E-state index in [-0.39, 0.29) is 0 Å². The summed E-state index contributed by atoms with van der Waals surface area (Å²) in [5, 5.41) is 18.3. The van der Waals surface area contributed by atoms with Crippen LogP contribution >= 0.6 is 23.2 Å². The molecule has 6 aromatic rings. The Hall–Kier alpha value is -4.92. The number of anilines is 4. The second kappa shape index (κ2) is 11.1. The van der Waals surface area contributed by atoms with Gasteiger partial charge >= 0.3 is 6.03 Å². The Morgan fingerprint density at radius 1 is 0.700 bits per heavy atom. The summed E-state index contributed by atoms with van der Waals surface area (Å²) in [4.78, 5) is 17.4. The number of halogens is 2. The van der Waals surface area contributed by atoms with E-state index < -0.39 is 6.03 Å². The van der Waals surface area contributed by atoms with Gasteiger partial charge in [0.05, 0.1) is 44.7 Å². The molecule has 0 spiro atoms. The van der Waals surface area contributed by atoms with Gasteiger partial charge in [-0.2, -0.15) is 0 Å². The van der Waals surface area contributed by atoms with Crippen LogP contribution in [0.25, 0.3) is 28.2 Å². The molecule has 3 N–H and O–H groups in total. The van der Waals surface area contributed by atoms with E-state index in [1.807, 2.05) is 89.5 Å². The zero-order valence-corrected chi connectivity index (χ0v) is 22.4. The second-order valence-electron chi connectivity index (χ2n) is 8.81. The van der Waals surface area contributed by atoms with E-state index in [1.54, 1.807) is 24.4 Å². The number of urea groups is 1. The fraction of sp³-hybridized carbons (Fsp3) is 0. The van der Waals surface area contributed by atoms with Crippen LogP contribution in [0, 0.1) is 0 Å². The molecule has 40 heavy (non-hydrogen) atoms. The topological polar surface area (TPSA) is 96.2 Å². The predicted octanol–water partition coefficient (Wildman–Crippen LogP) is 8.15. The molecule has 8 nitrogen and oxygen atoms in total. The SMILES string of the molecule is O=C(Nc1ccc(-c2ccccc2)nn1)Nc1ccccc1Nc1cccn2c(-c3ccc(Cl)c(Cl)c3)cnc12. The summed E-state index contributed by atoms with van der Waals surface area (Å²) in [7, 11) is 0. The van der Waals surface area contributed by atoms with Crippen LogP contribution in [0.2, 0.25) is 10.0 Å². The van der Waals surface area contributed by atoms with E-state index in [4.69, 9.17) is 23.2 Å². The Labute approximate surface area is 239 Å². The fourth-order valence-electron chi connectivity index (χ4n) is 4.26. The molecule has 0 radical (unpaired) electrons. The minimum absolute atomic E-state index is 0.333. The number of hydrogen-bond donors (Lipinski definition) is 3. The van der Waals surface area contributed by atoms with E-state index in [1.165, 1.54) is 0 Å². The van der Waals surface area contributed by atoms with E-state index in [2.05, 4.69) is 31.1 Å². The largest absolute Gasteiger partial charge is 0.351 e. The van der Waals surface area contributed by atoms with Gasteiger partial charge in [-0.1, -0.05) is 71.7 Å². The fourth-order valence-corrected chi connectivity index (χ4v) is 4.55. The molecule has 6 rings (SSSR count). The van der Waals surface area contributed by atoms with Crippen molar-refractivity contribution in [3.05, 3.63) is 120 Å². The Morgan fingerprint density at radius 2 is 1.48 bits per heavy atom. The smallest absolute Gasteiger partial charge is 0.324 e. The summed E-state index contributed by atoms with van der Waals surface area (Å²) in [5.74, 6) is 0.333. The van der Waals surface area contributed by atoms with Crippen molar-refractivity contribution in [1.29, 1.82) is 0 Å². The molecule has 0 bridgehead atoms. The average Bonchev–Trinajstić information content (AvgIpc) is 3.42. The van der Waals surface area contributed by atoms with Crippen LogP contribution < -0.4 is 16.0 Å². The Bertz CT molecular complexity index is 1820. The van der Waals surface area contributed by atoms with E-state index in [0.29, 0.717) is 32.9 Å². The quantitative estimate of drug-likeness (QED) is 0.189. The van der Waals surface area contributed by atoms with E-state index >= 15 is 0 Å². The summed E-state index contributed by atoms with van der Waals surface area (Å²) < 4.78 is 1.96. The molecule has 0 atom stereocenters. The van der Waals surface area contributed by atoms with Gasteiger partial charge in [-0.05, 0) is 48.5 Å². The molecule has 10 heteroatoms. The molecule has 2 amide bonds. The van der Waals surface area contributed by atoms with Gasteiger partial charge in [0, 0.05) is 17.3 Å². The maximum Gasteiger partial charge on any atom is 0.324 e. The van der Waals surface area contributed by atoms with Gasteiger partial charge in [0.15, 0.2) is 11.5 Å². The first-order chi connectivity index (χ1) is 19.5. The van der Waals surface area contributed by atoms with Crippen molar-refractivity contribution in [2.45, 2.75) is 0 Å². The highest BCUT2D eigenvalue weighted by atomic mass is 35.5. The summed E-state index contributed by atoms with van der Waals surface area (Å²) in [6, 6.07) is 29.5. The first kappa shape index (κ1) is 25.4. The summed E-state index contributed by atoms with van der Waals surface area (Å²) in [5.41, 5.74) is 6.14. The van der Waals surface area contributed by atoms with Crippen LogP contribution in [-0.4, -0.2) is 25.6 Å². The first-order valence-electron chi connectivity index (χ1n) is 12.3. The van der Waals surface area contributed by atoms with Gasteiger partial charge in [-0.25, -0.2) is 9.78 Å². The third-order valence-electron chi connectivity index (χ3n) is 6.17. The molecular weight excluding hydrogens is 545 g/mol.